The van der Waals surface area contributed by atoms with Gasteiger partial charge in [-0.2, -0.15) is 0 Å². The van der Waals surface area contributed by atoms with Crippen molar-refractivity contribution >= 4 is 21.9 Å². The summed E-state index contributed by atoms with van der Waals surface area (Å²) in [5.74, 6) is 0.456. The molecule has 11 heteroatoms. The van der Waals surface area contributed by atoms with Crippen molar-refractivity contribution in [3.63, 3.8) is 0 Å². The Morgan fingerprint density at radius 3 is 2.50 bits per heavy atom. The molecule has 1 fully saturated rings. The summed E-state index contributed by atoms with van der Waals surface area (Å²) in [5, 5.41) is 51.6. The van der Waals surface area contributed by atoms with Crippen LogP contribution in [0.15, 0.2) is 38.1 Å². The van der Waals surface area contributed by atoms with Gasteiger partial charge in [0.2, 0.25) is 0 Å². The zero-order valence-electron chi connectivity index (χ0n) is 18.9. The molecule has 186 valence electrons. The minimum absolute atomic E-state index is 0.159. The van der Waals surface area contributed by atoms with Crippen molar-refractivity contribution in [1.82, 2.24) is 0 Å². The Labute approximate surface area is 193 Å². The molecule has 4 rings (SSSR count). The second-order valence-electron chi connectivity index (χ2n) is 8.85. The standard InChI is InChI=1S/C23H28O11/c1-23(2,34-22-19(28)18(27)17(26)15(9-24)33-22)16(25)7-10-6-12-14(32-21(10)29)8-13-11(4-5-31-13)20(12)30-3/h4-6,8,15-19,22,24-28H,7,9H2,1-3H3. The first-order valence-corrected chi connectivity index (χ1v) is 10.7. The van der Waals surface area contributed by atoms with Gasteiger partial charge in [0.1, 0.15) is 41.3 Å². The molecule has 3 heterocycles. The van der Waals surface area contributed by atoms with Gasteiger partial charge in [-0.3, -0.25) is 0 Å². The highest BCUT2D eigenvalue weighted by Crippen LogP contribution is 2.35. The minimum atomic E-state index is -1.63. The van der Waals surface area contributed by atoms with Crippen LogP contribution in [0, 0.1) is 0 Å². The molecule has 0 aliphatic carbocycles. The highest BCUT2D eigenvalue weighted by molar-refractivity contribution is 6.01. The summed E-state index contributed by atoms with van der Waals surface area (Å²) >= 11 is 0. The minimum Gasteiger partial charge on any atom is -0.495 e. The molecule has 3 aromatic rings. The summed E-state index contributed by atoms with van der Waals surface area (Å²) in [6.07, 6.45) is -7.34. The van der Waals surface area contributed by atoms with Crippen LogP contribution in [0.4, 0.5) is 0 Å². The molecule has 1 saturated heterocycles. The summed E-state index contributed by atoms with van der Waals surface area (Å²) in [7, 11) is 1.48. The van der Waals surface area contributed by atoms with E-state index in [4.69, 9.17) is 23.0 Å². The maximum absolute atomic E-state index is 12.6. The second-order valence-corrected chi connectivity index (χ2v) is 8.85. The Morgan fingerprint density at radius 1 is 1.09 bits per heavy atom. The van der Waals surface area contributed by atoms with Gasteiger partial charge in [-0.05, 0) is 26.0 Å². The Bertz CT molecular complexity index is 1210. The predicted molar refractivity (Wildman–Crippen MR) is 117 cm³/mol. The highest BCUT2D eigenvalue weighted by atomic mass is 16.7. The van der Waals surface area contributed by atoms with E-state index in [0.717, 1.165) is 0 Å². The molecule has 1 aromatic carbocycles. The highest BCUT2D eigenvalue weighted by Gasteiger charge is 2.46. The normalized spacial score (nSPS) is 26.8. The van der Waals surface area contributed by atoms with Crippen molar-refractivity contribution in [1.29, 1.82) is 0 Å². The lowest BCUT2D eigenvalue weighted by molar-refractivity contribution is -0.331. The van der Waals surface area contributed by atoms with Gasteiger partial charge >= 0.3 is 5.63 Å². The van der Waals surface area contributed by atoms with Crippen LogP contribution in [-0.2, 0) is 15.9 Å². The van der Waals surface area contributed by atoms with E-state index in [9.17, 15) is 30.3 Å². The molecule has 0 spiro atoms. The van der Waals surface area contributed by atoms with Gasteiger partial charge in [0.15, 0.2) is 6.29 Å². The Morgan fingerprint density at radius 2 is 1.82 bits per heavy atom. The fraction of sp³-hybridized carbons (Fsp3) is 0.522. The first-order valence-electron chi connectivity index (χ1n) is 10.7. The molecule has 0 saturated carbocycles. The van der Waals surface area contributed by atoms with Crippen LogP contribution in [0.3, 0.4) is 0 Å². The number of aliphatic hydroxyl groups excluding tert-OH is 5. The van der Waals surface area contributed by atoms with Crippen molar-refractivity contribution in [2.45, 2.75) is 62.7 Å². The van der Waals surface area contributed by atoms with Crippen LogP contribution >= 0.6 is 0 Å². The number of aliphatic hydroxyl groups is 5. The van der Waals surface area contributed by atoms with E-state index < -0.39 is 54.6 Å². The van der Waals surface area contributed by atoms with Crippen molar-refractivity contribution in [3.05, 3.63) is 40.4 Å². The zero-order valence-corrected chi connectivity index (χ0v) is 18.9. The first-order chi connectivity index (χ1) is 16.1. The molecule has 1 aliphatic heterocycles. The summed E-state index contributed by atoms with van der Waals surface area (Å²) in [6.45, 7) is 2.41. The number of hydrogen-bond donors (Lipinski definition) is 5. The van der Waals surface area contributed by atoms with E-state index in [2.05, 4.69) is 0 Å². The molecule has 6 atom stereocenters. The first kappa shape index (κ1) is 24.6. The lowest BCUT2D eigenvalue weighted by Gasteiger charge is -2.43. The number of furan rings is 1. The molecule has 11 nitrogen and oxygen atoms in total. The van der Waals surface area contributed by atoms with E-state index in [1.807, 2.05) is 0 Å². The number of hydrogen-bond acceptors (Lipinski definition) is 11. The average Bonchev–Trinajstić information content (AvgIpc) is 3.26. The van der Waals surface area contributed by atoms with Gasteiger partial charge in [0.25, 0.3) is 0 Å². The van der Waals surface area contributed by atoms with E-state index >= 15 is 0 Å². The van der Waals surface area contributed by atoms with Gasteiger partial charge in [-0.1, -0.05) is 0 Å². The molecule has 0 radical (unpaired) electrons. The maximum Gasteiger partial charge on any atom is 0.339 e. The van der Waals surface area contributed by atoms with Crippen molar-refractivity contribution in [2.24, 2.45) is 0 Å². The molecule has 34 heavy (non-hydrogen) atoms. The summed E-state index contributed by atoms with van der Waals surface area (Å²) < 4.78 is 27.4. The lowest BCUT2D eigenvalue weighted by atomic mass is 9.94. The van der Waals surface area contributed by atoms with E-state index in [0.29, 0.717) is 22.1 Å². The number of fused-ring (bicyclic) bond motifs is 2. The van der Waals surface area contributed by atoms with Crippen LogP contribution in [0.25, 0.3) is 21.9 Å². The largest absolute Gasteiger partial charge is 0.495 e. The van der Waals surface area contributed by atoms with Gasteiger partial charge < -0.3 is 48.6 Å². The summed E-state index contributed by atoms with van der Waals surface area (Å²) in [5.41, 5.74) is -1.13. The van der Waals surface area contributed by atoms with Gasteiger partial charge in [0.05, 0.1) is 42.5 Å². The third-order valence-electron chi connectivity index (χ3n) is 6.18. The van der Waals surface area contributed by atoms with Gasteiger partial charge in [-0.25, -0.2) is 4.79 Å². The lowest BCUT2D eigenvalue weighted by Crippen LogP contribution is -2.61. The number of ether oxygens (including phenoxy) is 3. The quantitative estimate of drug-likeness (QED) is 0.289. The van der Waals surface area contributed by atoms with Crippen LogP contribution in [-0.4, -0.2) is 81.7 Å². The van der Waals surface area contributed by atoms with Gasteiger partial charge in [-0.15, -0.1) is 0 Å². The Kier molecular flexibility index (Phi) is 6.71. The molecule has 0 bridgehead atoms. The fourth-order valence-electron chi connectivity index (χ4n) is 4.05. The molecular formula is C23H28O11. The second kappa shape index (κ2) is 9.27. The smallest absolute Gasteiger partial charge is 0.339 e. The van der Waals surface area contributed by atoms with Crippen LogP contribution in [0.1, 0.15) is 19.4 Å². The van der Waals surface area contributed by atoms with Crippen LogP contribution in [0.5, 0.6) is 5.75 Å². The number of methoxy groups -OCH3 is 1. The molecule has 6 unspecified atom stereocenters. The molecule has 0 amide bonds. The number of benzene rings is 1. The number of rotatable bonds is 7. The topological polar surface area (TPSA) is 172 Å². The third-order valence-corrected chi connectivity index (χ3v) is 6.18. The summed E-state index contributed by atoms with van der Waals surface area (Å²) in [6, 6.07) is 4.88. The predicted octanol–water partition coefficient (Wildman–Crippen LogP) is 0.0463. The maximum atomic E-state index is 12.6. The van der Waals surface area contributed by atoms with Crippen LogP contribution in [0.2, 0.25) is 0 Å². The van der Waals surface area contributed by atoms with Gasteiger partial charge in [0, 0.05) is 18.1 Å². The molecule has 1 aliphatic rings. The van der Waals surface area contributed by atoms with Crippen molar-refractivity contribution in [2.75, 3.05) is 13.7 Å². The third kappa shape index (κ3) is 4.31. The molecular weight excluding hydrogens is 452 g/mol. The van der Waals surface area contributed by atoms with E-state index in [1.54, 1.807) is 18.2 Å². The average molecular weight is 480 g/mol. The molecule has 2 aromatic heterocycles. The van der Waals surface area contributed by atoms with Crippen molar-refractivity contribution < 1.29 is 48.6 Å². The fourth-order valence-corrected chi connectivity index (χ4v) is 4.05. The Balaban J connectivity index is 1.59. The van der Waals surface area contributed by atoms with Crippen molar-refractivity contribution in [3.8, 4) is 5.75 Å². The van der Waals surface area contributed by atoms with E-state index in [1.165, 1.54) is 27.2 Å². The van der Waals surface area contributed by atoms with Crippen LogP contribution < -0.4 is 10.4 Å². The summed E-state index contributed by atoms with van der Waals surface area (Å²) in [4.78, 5) is 12.6. The zero-order chi connectivity index (χ0) is 24.8. The Hall–Kier alpha value is -2.51. The van der Waals surface area contributed by atoms with E-state index in [-0.39, 0.29) is 17.6 Å². The monoisotopic (exact) mass is 480 g/mol. The molecule has 5 N–H and O–H groups in total. The SMILES string of the molecule is COc1c2ccoc2cc2oc(=O)c(CC(O)C(C)(C)OC3OC(CO)C(O)C(O)C3O)cc12.